The Kier molecular flexibility index (Phi) is 13.6. The number of halogens is 8. The maximum atomic E-state index is 17.1. The molecule has 2 fully saturated rings. The molecule has 59 heavy (non-hydrogen) atoms. The van der Waals surface area contributed by atoms with Crippen LogP contribution in [-0.4, -0.2) is 87.3 Å². The zero-order valence-electron chi connectivity index (χ0n) is 31.3. The molecule has 2 aliphatic rings. The SMILES string of the molecule is C[C@H](Oc1nc2c(F)c(-c3cccc4cccc(C#N)c34)c(Cl)cc2c2c1ccn2[C@H]1CCN[C@H](CC#N)C1)[C@@H]1CCCN1C.O=C(O)C(F)(F)F.O=C(O)C(F)(F)F. The van der Waals surface area contributed by atoms with Gasteiger partial charge in [-0.1, -0.05) is 41.9 Å². The van der Waals surface area contributed by atoms with Crippen molar-refractivity contribution in [3.8, 4) is 29.1 Å². The first-order valence-corrected chi connectivity index (χ1v) is 18.5. The lowest BCUT2D eigenvalue weighted by molar-refractivity contribution is -0.193. The van der Waals surface area contributed by atoms with E-state index in [1.165, 1.54) is 0 Å². The van der Waals surface area contributed by atoms with Gasteiger partial charge in [0.1, 0.15) is 11.6 Å². The molecule has 0 saturated carbocycles. The molecule has 11 nitrogen and oxygen atoms in total. The number of fused-ring (bicyclic) bond motifs is 4. The molecule has 0 aliphatic carbocycles. The van der Waals surface area contributed by atoms with Crippen molar-refractivity contribution in [3.05, 3.63) is 71.1 Å². The summed E-state index contributed by atoms with van der Waals surface area (Å²) >= 11 is 6.99. The summed E-state index contributed by atoms with van der Waals surface area (Å²) in [6.45, 7) is 3.86. The molecule has 0 radical (unpaired) electrons. The summed E-state index contributed by atoms with van der Waals surface area (Å²) in [5.41, 5.74) is 2.22. The van der Waals surface area contributed by atoms with Crippen molar-refractivity contribution in [1.29, 1.82) is 10.5 Å². The lowest BCUT2D eigenvalue weighted by Crippen LogP contribution is -2.38. The molecule has 2 aromatic heterocycles. The Bertz CT molecular complexity index is 2430. The number of piperidine rings is 1. The molecule has 0 amide bonds. The number of alkyl halides is 6. The second-order valence-electron chi connectivity index (χ2n) is 14.0. The second-order valence-corrected chi connectivity index (χ2v) is 14.4. The maximum absolute atomic E-state index is 17.1. The van der Waals surface area contributed by atoms with Crippen LogP contribution in [0.25, 0.3) is 43.7 Å². The van der Waals surface area contributed by atoms with Crippen molar-refractivity contribution in [3.63, 3.8) is 0 Å². The Hall–Kier alpha value is -5.69. The highest BCUT2D eigenvalue weighted by Crippen LogP contribution is 2.44. The zero-order valence-corrected chi connectivity index (χ0v) is 32.1. The Morgan fingerprint density at radius 2 is 1.68 bits per heavy atom. The van der Waals surface area contributed by atoms with Crippen LogP contribution in [0.5, 0.6) is 5.88 Å². The molecular formula is C40H36ClF7N6O5. The van der Waals surface area contributed by atoms with Crippen LogP contribution in [-0.2, 0) is 9.59 Å². The highest BCUT2D eigenvalue weighted by molar-refractivity contribution is 6.35. The smallest absolute Gasteiger partial charge is 0.475 e. The standard InChI is InChI=1S/C36H34ClFN6O.2C2HF3O2/c1-21(30-10-5-16-43(30)2)45-36-27-13-17-44(25-12-15-41-24(18-25)11-14-39)35(27)28-19-29(37)32(33(38)34(28)42-36)26-9-4-7-22-6-3-8-23(20-40)31(22)26;2*3-2(4,5)1(6)7/h3-4,6-9,13,17,19,21,24-25,30,41H,5,10-12,15-16,18H2,1-2H3;2*(H,6,7)/t21-,24+,25-,30-;;/m0../s1. The van der Waals surface area contributed by atoms with E-state index >= 15 is 4.39 Å². The van der Waals surface area contributed by atoms with E-state index in [1.54, 1.807) is 18.2 Å². The van der Waals surface area contributed by atoms with Crippen molar-refractivity contribution < 1.29 is 55.3 Å². The van der Waals surface area contributed by atoms with Gasteiger partial charge in [-0.25, -0.2) is 19.0 Å². The van der Waals surface area contributed by atoms with Crippen LogP contribution in [0.1, 0.15) is 50.6 Å². The summed E-state index contributed by atoms with van der Waals surface area (Å²) < 4.78 is 89.4. The molecule has 4 heterocycles. The van der Waals surface area contributed by atoms with Gasteiger partial charge in [0.05, 0.1) is 40.0 Å². The van der Waals surface area contributed by atoms with Crippen LogP contribution >= 0.6 is 11.6 Å². The molecule has 2 saturated heterocycles. The highest BCUT2D eigenvalue weighted by atomic mass is 35.5. The lowest BCUT2D eigenvalue weighted by Gasteiger charge is -2.31. The first kappa shape index (κ1) is 44.4. The molecular weight excluding hydrogens is 813 g/mol. The monoisotopic (exact) mass is 848 g/mol. The van der Waals surface area contributed by atoms with E-state index in [1.807, 2.05) is 36.5 Å². The number of likely N-dealkylation sites (N-methyl/N-ethyl adjacent to an activating group) is 1. The lowest BCUT2D eigenvalue weighted by atomic mass is 9.93. The molecule has 4 atom stereocenters. The Labute approximate surface area is 337 Å². The van der Waals surface area contributed by atoms with E-state index in [9.17, 15) is 36.9 Å². The fraction of sp³-hybridized carbons (Fsp3) is 0.375. The van der Waals surface area contributed by atoms with Gasteiger partial charge in [-0.05, 0) is 81.9 Å². The minimum absolute atomic E-state index is 0.0839. The van der Waals surface area contributed by atoms with Crippen LogP contribution in [0.2, 0.25) is 5.02 Å². The van der Waals surface area contributed by atoms with Gasteiger partial charge in [-0.2, -0.15) is 36.9 Å². The number of nitrogens with one attached hydrogen (secondary N) is 1. The summed E-state index contributed by atoms with van der Waals surface area (Å²) in [7, 11) is 2.11. The molecule has 5 aromatic rings. The number of aromatic nitrogens is 2. The topological polar surface area (TPSA) is 164 Å². The van der Waals surface area contributed by atoms with Crippen LogP contribution in [0.15, 0.2) is 54.7 Å². The average molecular weight is 849 g/mol. The molecule has 0 unspecified atom stereocenters. The second kappa shape index (κ2) is 18.1. The number of hydrogen-bond donors (Lipinski definition) is 3. The summed E-state index contributed by atoms with van der Waals surface area (Å²) in [6, 6.07) is 19.8. The van der Waals surface area contributed by atoms with Gasteiger partial charge in [0.25, 0.3) is 0 Å². The molecule has 3 N–H and O–H groups in total. The molecule has 7 rings (SSSR count). The highest BCUT2D eigenvalue weighted by Gasteiger charge is 2.39. The van der Waals surface area contributed by atoms with Crippen LogP contribution in [0.3, 0.4) is 0 Å². The molecule has 3 aromatic carbocycles. The van der Waals surface area contributed by atoms with Gasteiger partial charge in [-0.3, -0.25) is 4.90 Å². The fourth-order valence-electron chi connectivity index (χ4n) is 7.53. The average Bonchev–Trinajstić information content (AvgIpc) is 3.82. The number of nitrogens with zero attached hydrogens (tertiary/aromatic N) is 5. The normalized spacial score (nSPS) is 18.9. The van der Waals surface area contributed by atoms with E-state index in [4.69, 9.17) is 41.1 Å². The number of ether oxygens (including phenoxy) is 1. The molecule has 0 bridgehead atoms. The van der Waals surface area contributed by atoms with Crippen molar-refractivity contribution in [2.75, 3.05) is 20.1 Å². The van der Waals surface area contributed by atoms with Crippen LogP contribution in [0, 0.1) is 28.5 Å². The van der Waals surface area contributed by atoms with Crippen molar-refractivity contribution in [2.45, 2.75) is 75.6 Å². The van der Waals surface area contributed by atoms with E-state index in [2.05, 4.69) is 40.9 Å². The number of nitriles is 2. The van der Waals surface area contributed by atoms with Crippen molar-refractivity contribution >= 4 is 56.1 Å². The Morgan fingerprint density at radius 1 is 1.03 bits per heavy atom. The maximum Gasteiger partial charge on any atom is 0.490 e. The van der Waals surface area contributed by atoms with Crippen LogP contribution in [0.4, 0.5) is 30.7 Å². The predicted molar refractivity (Wildman–Crippen MR) is 203 cm³/mol. The molecule has 312 valence electrons. The fourth-order valence-corrected chi connectivity index (χ4v) is 7.83. The van der Waals surface area contributed by atoms with E-state index in [0.717, 1.165) is 55.1 Å². The van der Waals surface area contributed by atoms with Gasteiger partial charge >= 0.3 is 24.3 Å². The number of likely N-dealkylation sites (tertiary alicyclic amines) is 1. The summed E-state index contributed by atoms with van der Waals surface area (Å²) in [4.78, 5) is 25.0. The molecule has 2 aliphatic heterocycles. The third-order valence-electron chi connectivity index (χ3n) is 10.2. The van der Waals surface area contributed by atoms with E-state index in [-0.39, 0.29) is 40.3 Å². The minimum atomic E-state index is -5.08. The molecule has 19 heteroatoms. The van der Waals surface area contributed by atoms with Gasteiger partial charge in [0.15, 0.2) is 5.82 Å². The predicted octanol–water partition coefficient (Wildman–Crippen LogP) is 9.01. The third kappa shape index (κ3) is 9.79. The van der Waals surface area contributed by atoms with Gasteiger partial charge in [0, 0.05) is 40.7 Å². The van der Waals surface area contributed by atoms with Crippen molar-refractivity contribution in [1.82, 2.24) is 19.8 Å². The van der Waals surface area contributed by atoms with Crippen molar-refractivity contribution in [2.24, 2.45) is 0 Å². The largest absolute Gasteiger partial charge is 0.490 e. The number of carboxylic acids is 2. The summed E-state index contributed by atoms with van der Waals surface area (Å²) in [5.74, 6) is -5.66. The minimum Gasteiger partial charge on any atom is -0.475 e. The number of benzene rings is 3. The third-order valence-corrected chi connectivity index (χ3v) is 10.5. The Morgan fingerprint density at radius 3 is 2.25 bits per heavy atom. The number of pyridine rings is 1. The number of carbonyl (C=O) groups is 2. The first-order chi connectivity index (χ1) is 27.8. The Balaban J connectivity index is 0.000000407. The number of hydrogen-bond acceptors (Lipinski definition) is 8. The summed E-state index contributed by atoms with van der Waals surface area (Å²) in [6.07, 6.45) is -4.07. The van der Waals surface area contributed by atoms with Gasteiger partial charge in [0.2, 0.25) is 5.88 Å². The number of rotatable bonds is 6. The quantitative estimate of drug-likeness (QED) is 0.141. The van der Waals surface area contributed by atoms with Crippen LogP contribution < -0.4 is 10.1 Å². The number of aliphatic carboxylic acids is 2. The van der Waals surface area contributed by atoms with E-state index in [0.29, 0.717) is 34.2 Å². The zero-order chi connectivity index (χ0) is 43.4. The first-order valence-electron chi connectivity index (χ1n) is 18.1. The van der Waals surface area contributed by atoms with Gasteiger partial charge in [-0.15, -0.1) is 0 Å². The summed E-state index contributed by atoms with van der Waals surface area (Å²) in [5, 5.41) is 40.1. The van der Waals surface area contributed by atoms with E-state index < -0.39 is 30.1 Å². The molecule has 0 spiro atoms. The van der Waals surface area contributed by atoms with Gasteiger partial charge < -0.3 is 24.8 Å². The number of carboxylic acid groups (broad SMARTS) is 2.